The summed E-state index contributed by atoms with van der Waals surface area (Å²) in [6, 6.07) is 3.11. The molecule has 1 rings (SSSR count). The number of nitrogens with zero attached hydrogens (tertiary/aromatic N) is 1. The van der Waals surface area contributed by atoms with Crippen LogP contribution in [0.25, 0.3) is 0 Å². The number of aliphatic imine (C=N–C) groups is 1. The van der Waals surface area contributed by atoms with E-state index in [-0.39, 0.29) is 24.7 Å². The number of nitrogens with one attached hydrogen (secondary N) is 2. The topological polar surface area (TPSA) is 89.0 Å². The van der Waals surface area contributed by atoms with Gasteiger partial charge in [-0.25, -0.2) is 17.2 Å². The van der Waals surface area contributed by atoms with Crippen molar-refractivity contribution >= 4 is 15.8 Å². The smallest absolute Gasteiger partial charge is 0.191 e. The van der Waals surface area contributed by atoms with Gasteiger partial charge in [-0.05, 0) is 12.1 Å². The van der Waals surface area contributed by atoms with Crippen molar-refractivity contribution in [2.24, 2.45) is 4.99 Å². The summed E-state index contributed by atoms with van der Waals surface area (Å²) in [5.74, 6) is -0.961. The molecule has 0 bridgehead atoms. The Bertz CT molecular complexity index is 669. The van der Waals surface area contributed by atoms with Gasteiger partial charge < -0.3 is 20.1 Å². The lowest BCUT2D eigenvalue weighted by Crippen LogP contribution is -2.40. The quantitative estimate of drug-likeness (QED) is 0.351. The zero-order chi connectivity index (χ0) is 18.7. The molecule has 2 N–H and O–H groups in total. The zero-order valence-corrected chi connectivity index (χ0v) is 15.0. The third-order valence-corrected chi connectivity index (χ3v) is 3.82. The standard InChI is InChI=1S/C15H23F2N3O4S/c1-18-15(19-5-7-23-9-10-25(2,21)22)20-6-8-24-14-4-3-12(16)11-13(14)17/h3-4,11H,5-10H2,1-2H3,(H2,18,19,20). The van der Waals surface area contributed by atoms with Crippen molar-refractivity contribution in [1.82, 2.24) is 10.6 Å². The van der Waals surface area contributed by atoms with Gasteiger partial charge in [0, 0.05) is 25.9 Å². The highest BCUT2D eigenvalue weighted by atomic mass is 32.2. The highest BCUT2D eigenvalue weighted by Crippen LogP contribution is 2.17. The number of sulfone groups is 1. The maximum Gasteiger partial charge on any atom is 0.191 e. The van der Waals surface area contributed by atoms with Gasteiger partial charge in [-0.1, -0.05) is 0 Å². The first-order chi connectivity index (χ1) is 11.8. The number of hydrogen-bond donors (Lipinski definition) is 2. The van der Waals surface area contributed by atoms with Crippen LogP contribution in [0.15, 0.2) is 23.2 Å². The minimum absolute atomic E-state index is 0.0166. The first kappa shape index (κ1) is 21.1. The molecule has 0 unspecified atom stereocenters. The molecule has 0 amide bonds. The average Bonchev–Trinajstić information content (AvgIpc) is 2.53. The van der Waals surface area contributed by atoms with Gasteiger partial charge in [0.05, 0.1) is 25.5 Å². The maximum absolute atomic E-state index is 13.4. The molecule has 0 atom stereocenters. The van der Waals surface area contributed by atoms with Crippen LogP contribution in [0.2, 0.25) is 0 Å². The molecule has 0 aliphatic heterocycles. The van der Waals surface area contributed by atoms with Crippen LogP contribution in [-0.2, 0) is 14.6 Å². The van der Waals surface area contributed by atoms with Crippen LogP contribution in [0.5, 0.6) is 5.75 Å². The van der Waals surface area contributed by atoms with E-state index in [0.29, 0.717) is 25.7 Å². The van der Waals surface area contributed by atoms with E-state index in [1.54, 1.807) is 7.05 Å². The van der Waals surface area contributed by atoms with Gasteiger partial charge in [0.1, 0.15) is 22.3 Å². The maximum atomic E-state index is 13.4. The fourth-order valence-electron chi connectivity index (χ4n) is 1.70. The second-order valence-corrected chi connectivity index (χ2v) is 7.35. The average molecular weight is 379 g/mol. The fraction of sp³-hybridized carbons (Fsp3) is 0.533. The first-order valence-corrected chi connectivity index (χ1v) is 9.65. The molecule has 1 aromatic rings. The molecular weight excluding hydrogens is 356 g/mol. The Balaban J connectivity index is 2.15. The number of rotatable bonds is 10. The number of halogens is 2. The molecule has 142 valence electrons. The highest BCUT2D eigenvalue weighted by Gasteiger charge is 2.05. The summed E-state index contributed by atoms with van der Waals surface area (Å²) in [6.07, 6.45) is 1.15. The number of benzene rings is 1. The van der Waals surface area contributed by atoms with E-state index < -0.39 is 21.5 Å². The third-order valence-electron chi connectivity index (χ3n) is 2.91. The molecular formula is C15H23F2N3O4S. The zero-order valence-electron chi connectivity index (χ0n) is 14.2. The fourth-order valence-corrected chi connectivity index (χ4v) is 2.12. The molecule has 0 spiro atoms. The second kappa shape index (κ2) is 10.8. The molecule has 0 fully saturated rings. The van der Waals surface area contributed by atoms with E-state index in [2.05, 4.69) is 15.6 Å². The van der Waals surface area contributed by atoms with Crippen LogP contribution in [-0.4, -0.2) is 66.3 Å². The van der Waals surface area contributed by atoms with Gasteiger partial charge >= 0.3 is 0 Å². The van der Waals surface area contributed by atoms with E-state index in [1.165, 1.54) is 6.07 Å². The molecule has 0 heterocycles. The predicted molar refractivity (Wildman–Crippen MR) is 91.7 cm³/mol. The summed E-state index contributed by atoms with van der Waals surface area (Å²) in [7, 11) is -1.43. The Hall–Kier alpha value is -1.94. The number of ether oxygens (including phenoxy) is 2. The molecule has 7 nitrogen and oxygen atoms in total. The van der Waals surface area contributed by atoms with Gasteiger partial charge in [0.2, 0.25) is 0 Å². The largest absolute Gasteiger partial charge is 0.489 e. The van der Waals surface area contributed by atoms with E-state index in [0.717, 1.165) is 18.4 Å². The van der Waals surface area contributed by atoms with Gasteiger partial charge in [-0.3, -0.25) is 4.99 Å². The number of guanidine groups is 1. The molecule has 0 aromatic heterocycles. The van der Waals surface area contributed by atoms with E-state index >= 15 is 0 Å². The van der Waals surface area contributed by atoms with Crippen molar-refractivity contribution in [1.29, 1.82) is 0 Å². The predicted octanol–water partition coefficient (Wildman–Crippen LogP) is 0.570. The van der Waals surface area contributed by atoms with Gasteiger partial charge in [0.25, 0.3) is 0 Å². The minimum atomic E-state index is -3.02. The lowest BCUT2D eigenvalue weighted by molar-refractivity contribution is 0.154. The van der Waals surface area contributed by atoms with E-state index in [4.69, 9.17) is 9.47 Å². The van der Waals surface area contributed by atoms with E-state index in [1.807, 2.05) is 0 Å². The summed E-state index contributed by atoms with van der Waals surface area (Å²) in [4.78, 5) is 3.98. The molecule has 1 aromatic carbocycles. The van der Waals surface area contributed by atoms with Crippen LogP contribution in [0.4, 0.5) is 8.78 Å². The van der Waals surface area contributed by atoms with E-state index in [9.17, 15) is 17.2 Å². The molecule has 25 heavy (non-hydrogen) atoms. The van der Waals surface area contributed by atoms with Crippen LogP contribution < -0.4 is 15.4 Å². The van der Waals surface area contributed by atoms with Crippen LogP contribution in [0.1, 0.15) is 0 Å². The summed E-state index contributed by atoms with van der Waals surface area (Å²) in [6.45, 7) is 1.42. The van der Waals surface area contributed by atoms with Gasteiger partial charge in [-0.15, -0.1) is 0 Å². The third kappa shape index (κ3) is 9.82. The molecule has 0 saturated heterocycles. The Morgan fingerprint density at radius 1 is 1.16 bits per heavy atom. The summed E-state index contributed by atoms with van der Waals surface area (Å²) in [5, 5.41) is 5.92. The first-order valence-electron chi connectivity index (χ1n) is 7.59. The van der Waals surface area contributed by atoms with Gasteiger partial charge in [-0.2, -0.15) is 0 Å². The van der Waals surface area contributed by atoms with Crippen molar-refractivity contribution in [3.63, 3.8) is 0 Å². The lowest BCUT2D eigenvalue weighted by atomic mass is 10.3. The normalized spacial score (nSPS) is 12.1. The molecule has 0 saturated carbocycles. The van der Waals surface area contributed by atoms with Gasteiger partial charge in [0.15, 0.2) is 17.5 Å². The Morgan fingerprint density at radius 3 is 2.44 bits per heavy atom. The molecule has 0 aliphatic carbocycles. The van der Waals surface area contributed by atoms with Crippen LogP contribution in [0.3, 0.4) is 0 Å². The van der Waals surface area contributed by atoms with Crippen LogP contribution >= 0.6 is 0 Å². The Labute approximate surface area is 146 Å². The van der Waals surface area contributed by atoms with Crippen molar-refractivity contribution in [2.75, 3.05) is 52.0 Å². The lowest BCUT2D eigenvalue weighted by Gasteiger charge is -2.13. The minimum Gasteiger partial charge on any atom is -0.489 e. The van der Waals surface area contributed by atoms with Crippen molar-refractivity contribution in [3.05, 3.63) is 29.8 Å². The number of hydrogen-bond acceptors (Lipinski definition) is 5. The van der Waals surface area contributed by atoms with Crippen LogP contribution in [0, 0.1) is 11.6 Å². The monoisotopic (exact) mass is 379 g/mol. The van der Waals surface area contributed by atoms with Crippen molar-refractivity contribution in [3.8, 4) is 5.75 Å². The Kier molecular flexibility index (Phi) is 9.14. The van der Waals surface area contributed by atoms with Crippen molar-refractivity contribution < 1.29 is 26.7 Å². The molecule has 0 aliphatic rings. The summed E-state index contributed by atoms with van der Waals surface area (Å²) in [5.41, 5.74) is 0. The Morgan fingerprint density at radius 2 is 1.84 bits per heavy atom. The molecule has 10 heteroatoms. The summed E-state index contributed by atoms with van der Waals surface area (Å²) >= 11 is 0. The molecule has 0 radical (unpaired) electrons. The second-order valence-electron chi connectivity index (χ2n) is 5.09. The summed E-state index contributed by atoms with van der Waals surface area (Å²) < 4.78 is 58.4. The van der Waals surface area contributed by atoms with Crippen molar-refractivity contribution in [2.45, 2.75) is 0 Å². The highest BCUT2D eigenvalue weighted by molar-refractivity contribution is 7.90. The SMILES string of the molecule is CN=C(NCCOCCS(C)(=O)=O)NCCOc1ccc(F)cc1F.